The molecule has 0 unspecified atom stereocenters. The fraction of sp³-hybridized carbons (Fsp3) is 1.00. The average Bonchev–Trinajstić information content (AvgIpc) is 2.26. The van der Waals surface area contributed by atoms with Crippen molar-refractivity contribution in [3.05, 3.63) is 0 Å². The summed E-state index contributed by atoms with van der Waals surface area (Å²) in [6.07, 6.45) is 5.87. The molecule has 0 aromatic rings. The van der Waals surface area contributed by atoms with Crippen LogP contribution in [0.15, 0.2) is 0 Å². The highest BCUT2D eigenvalue weighted by atomic mass is 16.3. The van der Waals surface area contributed by atoms with E-state index in [1.54, 1.807) is 0 Å². The predicted molar refractivity (Wildman–Crippen MR) is 61.8 cm³/mol. The Hall–Kier alpha value is -0.120. The van der Waals surface area contributed by atoms with Gasteiger partial charge in [-0.1, -0.05) is 19.3 Å². The predicted octanol–water partition coefficient (Wildman–Crippen LogP) is 1.38. The highest BCUT2D eigenvalue weighted by molar-refractivity contribution is 4.79. The van der Waals surface area contributed by atoms with Crippen LogP contribution in [0.2, 0.25) is 0 Å². The quantitative estimate of drug-likeness (QED) is 0.728. The normalized spacial score (nSPS) is 21.2. The number of nitrogens with zero attached hydrogens (tertiary/aromatic N) is 1. The van der Waals surface area contributed by atoms with Crippen molar-refractivity contribution >= 4 is 0 Å². The molecular weight excluding hydrogens is 190 g/mol. The molecule has 0 aliphatic heterocycles. The van der Waals surface area contributed by atoms with E-state index in [-0.39, 0.29) is 6.61 Å². The average molecular weight is 215 g/mol. The van der Waals surface area contributed by atoms with Gasteiger partial charge in [-0.2, -0.15) is 0 Å². The molecule has 0 aromatic carbocycles. The van der Waals surface area contributed by atoms with Crippen LogP contribution < -0.4 is 0 Å². The van der Waals surface area contributed by atoms with Crippen LogP contribution >= 0.6 is 0 Å². The summed E-state index contributed by atoms with van der Waals surface area (Å²) in [6, 6.07) is 1.06. The van der Waals surface area contributed by atoms with E-state index in [1.807, 2.05) is 0 Å². The van der Waals surface area contributed by atoms with Gasteiger partial charge in [-0.05, 0) is 26.7 Å². The van der Waals surface area contributed by atoms with Gasteiger partial charge in [0.1, 0.15) is 0 Å². The summed E-state index contributed by atoms with van der Waals surface area (Å²) in [5.41, 5.74) is 0. The highest BCUT2D eigenvalue weighted by Gasteiger charge is 2.24. The molecule has 1 saturated carbocycles. The van der Waals surface area contributed by atoms with E-state index in [0.717, 1.165) is 0 Å². The lowest BCUT2D eigenvalue weighted by Gasteiger charge is -2.38. The Morgan fingerprint density at radius 3 is 2.27 bits per heavy atom. The lowest BCUT2D eigenvalue weighted by atomic mass is 9.93. The third kappa shape index (κ3) is 4.09. The Kier molecular flexibility index (Phi) is 5.58. The zero-order chi connectivity index (χ0) is 11.3. The molecule has 1 aliphatic carbocycles. The van der Waals surface area contributed by atoms with Crippen LogP contribution in [-0.2, 0) is 0 Å². The van der Waals surface area contributed by atoms with Crippen molar-refractivity contribution in [2.75, 3.05) is 13.2 Å². The number of hydrogen-bond donors (Lipinski definition) is 2. The Morgan fingerprint density at radius 2 is 1.80 bits per heavy atom. The molecule has 15 heavy (non-hydrogen) atoms. The minimum absolute atomic E-state index is 0.129. The maximum absolute atomic E-state index is 9.52. The van der Waals surface area contributed by atoms with Crippen LogP contribution in [0.25, 0.3) is 0 Å². The lowest BCUT2D eigenvalue weighted by Crippen LogP contribution is -2.46. The van der Waals surface area contributed by atoms with Gasteiger partial charge in [0.05, 0.1) is 12.7 Å². The van der Waals surface area contributed by atoms with E-state index < -0.39 is 6.10 Å². The third-order valence-corrected chi connectivity index (χ3v) is 3.34. The smallest absolute Gasteiger partial charge is 0.0897 e. The minimum Gasteiger partial charge on any atom is -0.394 e. The van der Waals surface area contributed by atoms with E-state index in [1.165, 1.54) is 32.1 Å². The molecule has 1 rings (SSSR count). The molecule has 2 N–H and O–H groups in total. The van der Waals surface area contributed by atoms with Crippen molar-refractivity contribution in [1.29, 1.82) is 0 Å². The van der Waals surface area contributed by atoms with E-state index in [0.29, 0.717) is 18.6 Å². The first-order valence-corrected chi connectivity index (χ1v) is 6.19. The molecule has 0 amide bonds. The lowest BCUT2D eigenvalue weighted by molar-refractivity contribution is 0.0230. The molecule has 1 aliphatic rings. The zero-order valence-corrected chi connectivity index (χ0v) is 10.0. The Balaban J connectivity index is 2.48. The number of rotatable bonds is 5. The summed E-state index contributed by atoms with van der Waals surface area (Å²) in [4.78, 5) is 2.35. The summed E-state index contributed by atoms with van der Waals surface area (Å²) < 4.78 is 0. The van der Waals surface area contributed by atoms with Crippen LogP contribution in [0, 0.1) is 0 Å². The summed E-state index contributed by atoms with van der Waals surface area (Å²) in [6.45, 7) is 4.81. The van der Waals surface area contributed by atoms with E-state index >= 15 is 0 Å². The molecule has 3 nitrogen and oxygen atoms in total. The fourth-order valence-electron chi connectivity index (χ4n) is 2.50. The van der Waals surface area contributed by atoms with Crippen molar-refractivity contribution in [1.82, 2.24) is 4.90 Å². The van der Waals surface area contributed by atoms with Crippen LogP contribution in [-0.4, -0.2) is 46.5 Å². The Bertz CT molecular complexity index is 167. The molecule has 0 radical (unpaired) electrons. The largest absolute Gasteiger partial charge is 0.394 e. The van der Waals surface area contributed by atoms with E-state index in [9.17, 15) is 5.11 Å². The molecule has 1 fully saturated rings. The SMILES string of the molecule is CC(C)N(C[C@H](O)CO)C1CCCCC1. The first-order chi connectivity index (χ1) is 7.15. The minimum atomic E-state index is -0.589. The summed E-state index contributed by atoms with van der Waals surface area (Å²) >= 11 is 0. The second kappa shape index (κ2) is 6.46. The zero-order valence-electron chi connectivity index (χ0n) is 10.0. The topological polar surface area (TPSA) is 43.7 Å². The molecule has 3 heteroatoms. The highest BCUT2D eigenvalue weighted by Crippen LogP contribution is 2.24. The van der Waals surface area contributed by atoms with Crippen LogP contribution in [0.3, 0.4) is 0 Å². The maximum atomic E-state index is 9.52. The summed E-state index contributed by atoms with van der Waals surface area (Å²) in [5.74, 6) is 0. The van der Waals surface area contributed by atoms with Gasteiger partial charge in [-0.3, -0.25) is 4.90 Å². The van der Waals surface area contributed by atoms with Gasteiger partial charge in [0.15, 0.2) is 0 Å². The molecule has 1 atom stereocenters. The molecule has 0 bridgehead atoms. The van der Waals surface area contributed by atoms with Gasteiger partial charge in [0, 0.05) is 18.6 Å². The summed E-state index contributed by atoms with van der Waals surface area (Å²) in [7, 11) is 0. The number of aliphatic hydroxyl groups is 2. The number of hydrogen-bond acceptors (Lipinski definition) is 3. The van der Waals surface area contributed by atoms with Crippen molar-refractivity contribution in [3.63, 3.8) is 0 Å². The standard InChI is InChI=1S/C12H25NO2/c1-10(2)13(8-12(15)9-14)11-6-4-3-5-7-11/h10-12,14-15H,3-9H2,1-2H3/t12-/m0/s1. The van der Waals surface area contributed by atoms with Crippen molar-refractivity contribution in [2.24, 2.45) is 0 Å². The molecule has 0 saturated heterocycles. The Labute approximate surface area is 93.1 Å². The van der Waals surface area contributed by atoms with E-state index in [4.69, 9.17) is 5.11 Å². The fourth-order valence-corrected chi connectivity index (χ4v) is 2.50. The summed E-state index contributed by atoms with van der Waals surface area (Å²) in [5, 5.41) is 18.4. The van der Waals surface area contributed by atoms with Gasteiger partial charge in [-0.15, -0.1) is 0 Å². The third-order valence-electron chi connectivity index (χ3n) is 3.34. The number of aliphatic hydroxyl groups excluding tert-OH is 2. The van der Waals surface area contributed by atoms with E-state index in [2.05, 4.69) is 18.7 Å². The van der Waals surface area contributed by atoms with Gasteiger partial charge in [0.2, 0.25) is 0 Å². The maximum Gasteiger partial charge on any atom is 0.0897 e. The van der Waals surface area contributed by atoms with Gasteiger partial charge < -0.3 is 10.2 Å². The second-order valence-electron chi connectivity index (χ2n) is 4.92. The second-order valence-corrected chi connectivity index (χ2v) is 4.92. The van der Waals surface area contributed by atoms with Crippen LogP contribution in [0.5, 0.6) is 0 Å². The molecular formula is C12H25NO2. The van der Waals surface area contributed by atoms with Gasteiger partial charge >= 0.3 is 0 Å². The monoisotopic (exact) mass is 215 g/mol. The van der Waals surface area contributed by atoms with Gasteiger partial charge in [0.25, 0.3) is 0 Å². The molecule has 0 spiro atoms. The molecule has 0 heterocycles. The van der Waals surface area contributed by atoms with Gasteiger partial charge in [-0.25, -0.2) is 0 Å². The van der Waals surface area contributed by atoms with Crippen LogP contribution in [0.1, 0.15) is 46.0 Å². The molecule has 0 aromatic heterocycles. The van der Waals surface area contributed by atoms with Crippen molar-refractivity contribution in [3.8, 4) is 0 Å². The van der Waals surface area contributed by atoms with Crippen LogP contribution in [0.4, 0.5) is 0 Å². The first kappa shape index (κ1) is 12.9. The van der Waals surface area contributed by atoms with Crippen molar-refractivity contribution < 1.29 is 10.2 Å². The van der Waals surface area contributed by atoms with Crippen molar-refractivity contribution in [2.45, 2.75) is 64.1 Å². The Morgan fingerprint density at radius 1 is 1.20 bits per heavy atom. The first-order valence-electron chi connectivity index (χ1n) is 6.19. The molecule has 90 valence electrons.